The highest BCUT2D eigenvalue weighted by atomic mass is 32.2. The fourth-order valence-corrected chi connectivity index (χ4v) is 4.92. The third kappa shape index (κ3) is 4.85. The number of methoxy groups -OCH3 is 1. The van der Waals surface area contributed by atoms with Crippen LogP contribution in [0.4, 0.5) is 0 Å². The Morgan fingerprint density at radius 3 is 2.66 bits per heavy atom. The summed E-state index contributed by atoms with van der Waals surface area (Å²) in [5.41, 5.74) is 5.05. The van der Waals surface area contributed by atoms with E-state index in [2.05, 4.69) is 15.1 Å². The lowest BCUT2D eigenvalue weighted by molar-refractivity contribution is -0.125. The molecule has 8 nitrogen and oxygen atoms in total. The van der Waals surface area contributed by atoms with Gasteiger partial charge in [0.15, 0.2) is 0 Å². The average Bonchev–Trinajstić information content (AvgIpc) is 3.15. The number of hydrogen-bond acceptors (Lipinski definition) is 5. The van der Waals surface area contributed by atoms with Crippen LogP contribution in [0.15, 0.2) is 23.1 Å². The fourth-order valence-electron chi connectivity index (χ4n) is 3.84. The van der Waals surface area contributed by atoms with E-state index in [1.807, 2.05) is 31.6 Å². The first-order chi connectivity index (χ1) is 13.7. The smallest absolute Gasteiger partial charge is 0.246 e. The molecule has 0 fully saturated rings. The van der Waals surface area contributed by atoms with Crippen molar-refractivity contribution in [3.63, 3.8) is 0 Å². The van der Waals surface area contributed by atoms with Gasteiger partial charge in [0.25, 0.3) is 0 Å². The van der Waals surface area contributed by atoms with Gasteiger partial charge in [0.2, 0.25) is 15.9 Å². The van der Waals surface area contributed by atoms with Crippen LogP contribution in [0.2, 0.25) is 0 Å². The Hall–Kier alpha value is -2.23. The second-order valence-electron chi connectivity index (χ2n) is 7.46. The molecule has 1 unspecified atom stereocenters. The maximum atomic E-state index is 12.7. The third-order valence-corrected chi connectivity index (χ3v) is 6.85. The molecule has 1 atom stereocenters. The molecule has 0 radical (unpaired) electrons. The summed E-state index contributed by atoms with van der Waals surface area (Å²) in [5.74, 6) is -0.166. The van der Waals surface area contributed by atoms with Crippen molar-refractivity contribution in [2.24, 2.45) is 7.05 Å². The fraction of sp³-hybridized carbons (Fsp3) is 0.500. The number of sulfonamides is 1. The van der Waals surface area contributed by atoms with E-state index < -0.39 is 10.0 Å². The number of aromatic nitrogens is 2. The van der Waals surface area contributed by atoms with Gasteiger partial charge in [-0.25, -0.2) is 13.1 Å². The van der Waals surface area contributed by atoms with E-state index in [9.17, 15) is 13.2 Å². The summed E-state index contributed by atoms with van der Waals surface area (Å²) in [5, 5.41) is 7.28. The first-order valence-electron chi connectivity index (χ1n) is 9.60. The average molecular weight is 421 g/mol. The largest absolute Gasteiger partial charge is 0.375 e. The first kappa shape index (κ1) is 21.5. The van der Waals surface area contributed by atoms with Crippen LogP contribution in [0, 0.1) is 13.8 Å². The Balaban J connectivity index is 1.63. The topological polar surface area (TPSA) is 102 Å². The lowest BCUT2D eigenvalue weighted by Gasteiger charge is -2.11. The summed E-state index contributed by atoms with van der Waals surface area (Å²) < 4.78 is 34.8. The monoisotopic (exact) mass is 420 g/mol. The van der Waals surface area contributed by atoms with Gasteiger partial charge in [0.1, 0.15) is 6.61 Å². The highest BCUT2D eigenvalue weighted by Gasteiger charge is 2.25. The second kappa shape index (κ2) is 8.64. The number of carbonyl (C=O) groups excluding carboxylic acids is 1. The molecule has 1 aliphatic rings. The molecule has 1 aromatic heterocycles. The molecule has 2 aromatic rings. The normalized spacial score (nSPS) is 16.1. The Morgan fingerprint density at radius 2 is 2.00 bits per heavy atom. The number of rotatable bonds is 8. The van der Waals surface area contributed by atoms with Gasteiger partial charge in [-0.15, -0.1) is 0 Å². The molecular weight excluding hydrogens is 392 g/mol. The van der Waals surface area contributed by atoms with Crippen molar-refractivity contribution >= 4 is 15.9 Å². The lowest BCUT2D eigenvalue weighted by atomic mass is 10.1. The Morgan fingerprint density at radius 1 is 1.28 bits per heavy atom. The van der Waals surface area contributed by atoms with Crippen molar-refractivity contribution in [2.45, 2.75) is 44.0 Å². The van der Waals surface area contributed by atoms with Crippen molar-refractivity contribution in [2.75, 3.05) is 20.3 Å². The number of aryl methyl sites for hydroxylation is 2. The number of carbonyl (C=O) groups is 1. The Bertz CT molecular complexity index is 1010. The van der Waals surface area contributed by atoms with Crippen LogP contribution in [-0.4, -0.2) is 50.4 Å². The summed E-state index contributed by atoms with van der Waals surface area (Å²) in [7, 11) is -0.248. The van der Waals surface area contributed by atoms with Gasteiger partial charge in [-0.1, -0.05) is 6.07 Å². The molecule has 1 aliphatic carbocycles. The number of hydrogen-bond donors (Lipinski definition) is 2. The summed E-state index contributed by atoms with van der Waals surface area (Å²) in [6, 6.07) is 5.14. The molecule has 1 amide bonds. The van der Waals surface area contributed by atoms with Crippen molar-refractivity contribution < 1.29 is 17.9 Å². The van der Waals surface area contributed by atoms with Crippen molar-refractivity contribution in [3.8, 4) is 0 Å². The van der Waals surface area contributed by atoms with Crippen LogP contribution in [0.3, 0.4) is 0 Å². The zero-order chi connectivity index (χ0) is 21.2. The number of fused-ring (bicyclic) bond motifs is 1. The molecule has 0 bridgehead atoms. The SMILES string of the molecule is COCC(=O)NC1Cc2ccc(S(=O)(=O)NCCc3c(C)nn(C)c3C)cc2C1. The molecule has 0 saturated heterocycles. The molecule has 9 heteroatoms. The van der Waals surface area contributed by atoms with Gasteiger partial charge in [-0.2, -0.15) is 5.10 Å². The van der Waals surface area contributed by atoms with E-state index in [-0.39, 0.29) is 23.5 Å². The zero-order valence-corrected chi connectivity index (χ0v) is 18.1. The molecule has 1 aromatic carbocycles. The predicted octanol–water partition coefficient (Wildman–Crippen LogP) is 0.788. The molecular formula is C20H28N4O4S. The standard InChI is InChI=1S/C20H28N4O4S/c1-13-19(14(2)24(3)23-13)7-8-21-29(26,27)18-6-5-15-9-17(10-16(15)11-18)22-20(25)12-28-4/h5-6,11,17,21H,7-10,12H2,1-4H3,(H,22,25). The number of benzene rings is 1. The maximum Gasteiger partial charge on any atom is 0.246 e. The third-order valence-electron chi connectivity index (χ3n) is 5.39. The van der Waals surface area contributed by atoms with Crippen LogP contribution >= 0.6 is 0 Å². The molecule has 1 heterocycles. The van der Waals surface area contributed by atoms with Gasteiger partial charge in [-0.05, 0) is 61.9 Å². The molecule has 0 spiro atoms. The number of nitrogens with zero attached hydrogens (tertiary/aromatic N) is 2. The van der Waals surface area contributed by atoms with Gasteiger partial charge in [-0.3, -0.25) is 9.48 Å². The summed E-state index contributed by atoms with van der Waals surface area (Å²) >= 11 is 0. The molecule has 29 heavy (non-hydrogen) atoms. The van der Waals surface area contributed by atoms with Crippen molar-refractivity contribution in [3.05, 3.63) is 46.3 Å². The van der Waals surface area contributed by atoms with Crippen LogP contribution in [0.5, 0.6) is 0 Å². The summed E-state index contributed by atoms with van der Waals surface area (Å²) in [4.78, 5) is 12.0. The molecule has 2 N–H and O–H groups in total. The Labute approximate surface area is 171 Å². The van der Waals surface area contributed by atoms with E-state index >= 15 is 0 Å². The van der Waals surface area contributed by atoms with E-state index in [1.165, 1.54) is 7.11 Å². The highest BCUT2D eigenvalue weighted by molar-refractivity contribution is 7.89. The van der Waals surface area contributed by atoms with Crippen molar-refractivity contribution in [1.29, 1.82) is 0 Å². The maximum absolute atomic E-state index is 12.7. The minimum absolute atomic E-state index is 0.0201. The predicted molar refractivity (Wildman–Crippen MR) is 109 cm³/mol. The highest BCUT2D eigenvalue weighted by Crippen LogP contribution is 2.25. The van der Waals surface area contributed by atoms with E-state index in [1.54, 1.807) is 12.1 Å². The van der Waals surface area contributed by atoms with E-state index in [0.717, 1.165) is 28.1 Å². The summed E-state index contributed by atoms with van der Waals surface area (Å²) in [6.45, 7) is 4.24. The molecule has 158 valence electrons. The number of ether oxygens (including phenoxy) is 1. The number of amides is 1. The minimum atomic E-state index is -3.60. The van der Waals surface area contributed by atoms with Gasteiger partial charge >= 0.3 is 0 Å². The van der Waals surface area contributed by atoms with E-state index in [0.29, 0.717) is 25.8 Å². The van der Waals surface area contributed by atoms with Gasteiger partial charge in [0, 0.05) is 32.4 Å². The molecule has 0 aliphatic heterocycles. The zero-order valence-electron chi connectivity index (χ0n) is 17.3. The van der Waals surface area contributed by atoms with Crippen LogP contribution in [0.1, 0.15) is 28.1 Å². The minimum Gasteiger partial charge on any atom is -0.375 e. The number of nitrogens with one attached hydrogen (secondary N) is 2. The van der Waals surface area contributed by atoms with Crippen molar-refractivity contribution in [1.82, 2.24) is 19.8 Å². The molecule has 3 rings (SSSR count). The first-order valence-corrected chi connectivity index (χ1v) is 11.1. The summed E-state index contributed by atoms with van der Waals surface area (Å²) in [6.07, 6.45) is 1.89. The van der Waals surface area contributed by atoms with Gasteiger partial charge < -0.3 is 10.1 Å². The van der Waals surface area contributed by atoms with Crippen LogP contribution in [-0.2, 0) is 45.9 Å². The molecule has 0 saturated carbocycles. The van der Waals surface area contributed by atoms with Crippen LogP contribution < -0.4 is 10.0 Å². The lowest BCUT2D eigenvalue weighted by Crippen LogP contribution is -2.37. The van der Waals surface area contributed by atoms with Crippen LogP contribution in [0.25, 0.3) is 0 Å². The van der Waals surface area contributed by atoms with Gasteiger partial charge in [0.05, 0.1) is 10.6 Å². The van der Waals surface area contributed by atoms with E-state index in [4.69, 9.17) is 4.74 Å². The quantitative estimate of drug-likeness (QED) is 0.657. The Kier molecular flexibility index (Phi) is 6.40. The second-order valence-corrected chi connectivity index (χ2v) is 9.22.